The van der Waals surface area contributed by atoms with Crippen LogP contribution in [0, 0.1) is 0 Å². The lowest BCUT2D eigenvalue weighted by molar-refractivity contribution is 0.171. The van der Waals surface area contributed by atoms with E-state index in [9.17, 15) is 0 Å². The fourth-order valence-electron chi connectivity index (χ4n) is 3.08. The minimum absolute atomic E-state index is 0.469. The molecule has 0 spiro atoms. The van der Waals surface area contributed by atoms with Crippen molar-refractivity contribution in [1.29, 1.82) is 0 Å². The van der Waals surface area contributed by atoms with Gasteiger partial charge >= 0.3 is 0 Å². The number of ether oxygens (including phenoxy) is 2. The first kappa shape index (κ1) is 20.3. The lowest BCUT2D eigenvalue weighted by Gasteiger charge is -2.20. The van der Waals surface area contributed by atoms with Crippen molar-refractivity contribution in [3.8, 4) is 11.5 Å². The van der Waals surface area contributed by atoms with Crippen LogP contribution in [0.25, 0.3) is 0 Å². The van der Waals surface area contributed by atoms with Gasteiger partial charge in [-0.3, -0.25) is 0 Å². The molecule has 1 aliphatic rings. The van der Waals surface area contributed by atoms with Gasteiger partial charge in [-0.15, -0.1) is 0 Å². The molecule has 0 unspecified atom stereocenters. The largest absolute Gasteiger partial charge is 0.486 e. The Hall–Kier alpha value is -2.41. The SMILES string of the molecule is CCNC(=NCc1cc(Cl)c2c(c1)OCCO2)NCc1c(CC)noc1CC. The number of nitrogens with one attached hydrogen (secondary N) is 2. The van der Waals surface area contributed by atoms with Crippen LogP contribution in [0.5, 0.6) is 11.5 Å². The van der Waals surface area contributed by atoms with Crippen molar-refractivity contribution in [1.82, 2.24) is 15.8 Å². The highest BCUT2D eigenvalue weighted by atomic mass is 35.5. The van der Waals surface area contributed by atoms with Crippen LogP contribution in [0.15, 0.2) is 21.6 Å². The molecule has 0 saturated carbocycles. The predicted octanol–water partition coefficient (Wildman–Crippen LogP) is 3.48. The molecule has 2 heterocycles. The Kier molecular flexibility index (Phi) is 7.03. The predicted molar refractivity (Wildman–Crippen MR) is 109 cm³/mol. The molecule has 2 aromatic rings. The van der Waals surface area contributed by atoms with Gasteiger partial charge in [-0.1, -0.05) is 30.6 Å². The second-order valence-electron chi connectivity index (χ2n) is 6.39. The fourth-order valence-corrected chi connectivity index (χ4v) is 3.37. The molecule has 0 atom stereocenters. The quantitative estimate of drug-likeness (QED) is 0.541. The molecule has 1 aromatic heterocycles. The summed E-state index contributed by atoms with van der Waals surface area (Å²) in [5.41, 5.74) is 3.05. The number of nitrogens with zero attached hydrogens (tertiary/aromatic N) is 2. The van der Waals surface area contributed by atoms with Crippen molar-refractivity contribution < 1.29 is 14.0 Å². The maximum Gasteiger partial charge on any atom is 0.191 e. The number of fused-ring (bicyclic) bond motifs is 1. The number of aliphatic imine (C=N–C) groups is 1. The molecule has 2 N–H and O–H groups in total. The summed E-state index contributed by atoms with van der Waals surface area (Å²) < 4.78 is 16.6. The van der Waals surface area contributed by atoms with Gasteiger partial charge in [0.25, 0.3) is 0 Å². The number of aromatic nitrogens is 1. The third-order valence-corrected chi connectivity index (χ3v) is 4.74. The molecule has 1 aliphatic heterocycles. The van der Waals surface area contributed by atoms with Crippen LogP contribution >= 0.6 is 11.6 Å². The van der Waals surface area contributed by atoms with Crippen molar-refractivity contribution in [3.63, 3.8) is 0 Å². The van der Waals surface area contributed by atoms with E-state index in [0.29, 0.717) is 42.8 Å². The lowest BCUT2D eigenvalue weighted by Crippen LogP contribution is -2.37. The van der Waals surface area contributed by atoms with E-state index in [0.717, 1.165) is 47.9 Å². The summed E-state index contributed by atoms with van der Waals surface area (Å²) >= 11 is 6.32. The monoisotopic (exact) mass is 406 g/mol. The Morgan fingerprint density at radius 1 is 1.14 bits per heavy atom. The van der Waals surface area contributed by atoms with Gasteiger partial charge < -0.3 is 24.6 Å². The number of benzene rings is 1. The zero-order chi connectivity index (χ0) is 19.9. The van der Waals surface area contributed by atoms with E-state index in [2.05, 4.69) is 34.6 Å². The van der Waals surface area contributed by atoms with Crippen LogP contribution in [0.2, 0.25) is 5.02 Å². The third-order valence-electron chi connectivity index (χ3n) is 4.46. The van der Waals surface area contributed by atoms with Gasteiger partial charge in [0.05, 0.1) is 17.3 Å². The van der Waals surface area contributed by atoms with E-state index < -0.39 is 0 Å². The van der Waals surface area contributed by atoms with Gasteiger partial charge in [0.2, 0.25) is 0 Å². The van der Waals surface area contributed by atoms with Crippen LogP contribution in [-0.4, -0.2) is 30.9 Å². The molecular formula is C20H27ClN4O3. The molecule has 0 bridgehead atoms. The van der Waals surface area contributed by atoms with Crippen molar-refractivity contribution in [3.05, 3.63) is 39.7 Å². The maximum atomic E-state index is 6.32. The molecule has 1 aromatic carbocycles. The molecule has 7 nitrogen and oxygen atoms in total. The second-order valence-corrected chi connectivity index (χ2v) is 6.80. The molecule has 0 radical (unpaired) electrons. The average molecular weight is 407 g/mol. The minimum Gasteiger partial charge on any atom is -0.486 e. The van der Waals surface area contributed by atoms with Gasteiger partial charge in [-0.05, 0) is 31.0 Å². The van der Waals surface area contributed by atoms with E-state index in [1.165, 1.54) is 0 Å². The topological polar surface area (TPSA) is 80.9 Å². The maximum absolute atomic E-state index is 6.32. The van der Waals surface area contributed by atoms with Gasteiger partial charge in [0.1, 0.15) is 19.0 Å². The van der Waals surface area contributed by atoms with Crippen molar-refractivity contribution in [2.75, 3.05) is 19.8 Å². The van der Waals surface area contributed by atoms with Crippen LogP contribution in [0.1, 0.15) is 43.4 Å². The number of hydrogen-bond acceptors (Lipinski definition) is 5. The average Bonchev–Trinajstić information content (AvgIpc) is 3.12. The highest BCUT2D eigenvalue weighted by molar-refractivity contribution is 6.32. The van der Waals surface area contributed by atoms with E-state index in [1.54, 1.807) is 0 Å². The van der Waals surface area contributed by atoms with Gasteiger partial charge in [0.15, 0.2) is 17.5 Å². The van der Waals surface area contributed by atoms with Gasteiger partial charge in [0, 0.05) is 25.1 Å². The van der Waals surface area contributed by atoms with E-state index in [1.807, 2.05) is 19.1 Å². The summed E-state index contributed by atoms with van der Waals surface area (Å²) in [5, 5.41) is 11.3. The highest BCUT2D eigenvalue weighted by Crippen LogP contribution is 2.38. The minimum atomic E-state index is 0.469. The van der Waals surface area contributed by atoms with Gasteiger partial charge in [-0.25, -0.2) is 4.99 Å². The molecule has 3 rings (SSSR count). The molecule has 28 heavy (non-hydrogen) atoms. The Labute approximate surface area is 170 Å². The van der Waals surface area contributed by atoms with Crippen LogP contribution in [-0.2, 0) is 25.9 Å². The summed E-state index contributed by atoms with van der Waals surface area (Å²) in [6.45, 7) is 9.06. The number of aryl methyl sites for hydroxylation is 2. The van der Waals surface area contributed by atoms with Crippen molar-refractivity contribution in [2.24, 2.45) is 4.99 Å². The Balaban J connectivity index is 1.71. The summed E-state index contributed by atoms with van der Waals surface area (Å²) in [6, 6.07) is 3.80. The third kappa shape index (κ3) is 4.70. The molecular weight excluding hydrogens is 380 g/mol. The van der Waals surface area contributed by atoms with E-state index >= 15 is 0 Å². The first-order valence-corrected chi connectivity index (χ1v) is 10.1. The number of hydrogen-bond donors (Lipinski definition) is 2. The standard InChI is InChI=1S/C20H27ClN4O3/c1-4-16-14(17(5-2)28-25-16)12-24-20(22-6-3)23-11-13-9-15(21)19-18(10-13)26-7-8-27-19/h9-10H,4-8,11-12H2,1-3H3,(H2,22,23,24). The van der Waals surface area contributed by atoms with Crippen LogP contribution < -0.4 is 20.1 Å². The Bertz CT molecular complexity index is 814. The van der Waals surface area contributed by atoms with Crippen LogP contribution in [0.3, 0.4) is 0 Å². The summed E-state index contributed by atoms with van der Waals surface area (Å²) in [6.07, 6.45) is 1.65. The summed E-state index contributed by atoms with van der Waals surface area (Å²) in [5.74, 6) is 2.92. The molecule has 8 heteroatoms. The molecule has 0 saturated heterocycles. The Morgan fingerprint density at radius 2 is 1.96 bits per heavy atom. The smallest absolute Gasteiger partial charge is 0.191 e. The van der Waals surface area contributed by atoms with E-state index in [4.69, 9.17) is 25.6 Å². The number of rotatable bonds is 7. The fraction of sp³-hybridized carbons (Fsp3) is 0.500. The van der Waals surface area contributed by atoms with Gasteiger partial charge in [-0.2, -0.15) is 0 Å². The van der Waals surface area contributed by atoms with Crippen molar-refractivity contribution >= 4 is 17.6 Å². The normalized spacial score (nSPS) is 13.5. The van der Waals surface area contributed by atoms with E-state index in [-0.39, 0.29) is 0 Å². The molecule has 0 fully saturated rings. The number of guanidine groups is 1. The van der Waals surface area contributed by atoms with Crippen LogP contribution in [0.4, 0.5) is 0 Å². The summed E-state index contributed by atoms with van der Waals surface area (Å²) in [4.78, 5) is 4.67. The molecule has 152 valence electrons. The number of halogens is 1. The first-order chi connectivity index (χ1) is 13.7. The first-order valence-electron chi connectivity index (χ1n) is 9.72. The lowest BCUT2D eigenvalue weighted by atomic mass is 10.1. The zero-order valence-electron chi connectivity index (χ0n) is 16.6. The molecule has 0 aliphatic carbocycles. The molecule has 0 amide bonds. The summed E-state index contributed by atoms with van der Waals surface area (Å²) in [7, 11) is 0. The van der Waals surface area contributed by atoms with Crippen molar-refractivity contribution in [2.45, 2.75) is 46.7 Å². The second kappa shape index (κ2) is 9.68. The highest BCUT2D eigenvalue weighted by Gasteiger charge is 2.17. The Morgan fingerprint density at radius 3 is 2.71 bits per heavy atom. The zero-order valence-corrected chi connectivity index (χ0v) is 17.4.